The summed E-state index contributed by atoms with van der Waals surface area (Å²) in [5.41, 5.74) is 6.35. The van der Waals surface area contributed by atoms with E-state index in [1.807, 2.05) is 30.3 Å². The van der Waals surface area contributed by atoms with Crippen LogP contribution >= 0.6 is 0 Å². The summed E-state index contributed by atoms with van der Waals surface area (Å²) in [6.45, 7) is 0.765. The number of nitrogens with zero attached hydrogens (tertiary/aromatic N) is 3. The molecule has 0 unspecified atom stereocenters. The molecular formula is C28H32N6O4. The second-order valence-electron chi connectivity index (χ2n) is 9.56. The number of carbonyl (C=O) groups is 3. The quantitative estimate of drug-likeness (QED) is 0.420. The van der Waals surface area contributed by atoms with Crippen molar-refractivity contribution in [2.24, 2.45) is 10.7 Å². The molecule has 0 radical (unpaired) electrons. The summed E-state index contributed by atoms with van der Waals surface area (Å²) in [6.07, 6.45) is 3.03. The molecule has 2 aliphatic rings. The van der Waals surface area contributed by atoms with Gasteiger partial charge in [0.25, 0.3) is 5.91 Å². The van der Waals surface area contributed by atoms with E-state index >= 15 is 0 Å². The van der Waals surface area contributed by atoms with Crippen molar-refractivity contribution in [3.8, 4) is 0 Å². The molecule has 0 aliphatic carbocycles. The zero-order chi connectivity index (χ0) is 27.3. The highest BCUT2D eigenvalue weighted by Crippen LogP contribution is 2.26. The number of nitrogens with two attached hydrogens (primary N) is 1. The van der Waals surface area contributed by atoms with E-state index in [0.29, 0.717) is 55.6 Å². The van der Waals surface area contributed by atoms with E-state index < -0.39 is 17.4 Å². The van der Waals surface area contributed by atoms with Crippen LogP contribution in [0.2, 0.25) is 0 Å². The zero-order valence-corrected chi connectivity index (χ0v) is 21.3. The van der Waals surface area contributed by atoms with Crippen LogP contribution in [0, 0.1) is 5.41 Å². The van der Waals surface area contributed by atoms with Gasteiger partial charge in [-0.05, 0) is 37.0 Å². The number of carbonyl (C=O) groups excluding carboxylic acids is 3. The molecule has 10 nitrogen and oxygen atoms in total. The van der Waals surface area contributed by atoms with E-state index in [2.05, 4.69) is 10.3 Å². The van der Waals surface area contributed by atoms with Gasteiger partial charge in [-0.1, -0.05) is 42.5 Å². The molecule has 0 saturated carbocycles. The predicted octanol–water partition coefficient (Wildman–Crippen LogP) is 1.55. The van der Waals surface area contributed by atoms with E-state index in [1.165, 1.54) is 11.2 Å². The Bertz CT molecular complexity index is 1300. The van der Waals surface area contributed by atoms with Gasteiger partial charge in [-0.2, -0.15) is 0 Å². The Balaban J connectivity index is 1.40. The van der Waals surface area contributed by atoms with Crippen LogP contribution in [0.1, 0.15) is 40.7 Å². The Morgan fingerprint density at radius 2 is 1.79 bits per heavy atom. The number of nitrogens with one attached hydrogen (secondary N) is 2. The highest BCUT2D eigenvalue weighted by atomic mass is 16.3. The first-order valence-corrected chi connectivity index (χ1v) is 12.5. The van der Waals surface area contributed by atoms with Crippen molar-refractivity contribution in [1.29, 1.82) is 5.41 Å². The number of aliphatic imine (C=N–C) groups is 1. The number of rotatable bonds is 8. The molecule has 1 fully saturated rings. The van der Waals surface area contributed by atoms with Crippen LogP contribution in [0.15, 0.2) is 65.3 Å². The van der Waals surface area contributed by atoms with E-state index in [1.54, 1.807) is 36.2 Å². The van der Waals surface area contributed by atoms with Gasteiger partial charge in [-0.25, -0.2) is 4.99 Å². The highest BCUT2D eigenvalue weighted by molar-refractivity contribution is 6.47. The van der Waals surface area contributed by atoms with E-state index in [4.69, 9.17) is 11.1 Å². The van der Waals surface area contributed by atoms with Gasteiger partial charge in [0.05, 0.1) is 24.2 Å². The SMILES string of the molecule is CN/C(=C1/N=CN(CC2(O)CCN(C(=O)CCc3ccccc3)CC2)C(=O)C1=N)c1cccc(C(N)=O)c1. The lowest BCUT2D eigenvalue weighted by Gasteiger charge is -2.40. The fourth-order valence-corrected chi connectivity index (χ4v) is 4.72. The molecule has 0 spiro atoms. The fourth-order valence-electron chi connectivity index (χ4n) is 4.72. The van der Waals surface area contributed by atoms with Gasteiger partial charge < -0.3 is 21.1 Å². The standard InChI is InChI=1S/C28H32N6O4/c1-31-24(20-8-5-9-21(16-20)26(30)36)25-23(29)27(37)34(18-32-25)17-28(38)12-14-33(15-13-28)22(35)11-10-19-6-3-2-4-7-19/h2-9,16,18,29,31,38H,10-15,17H2,1H3,(H2,30,36)/b25-24+,29-23?. The van der Waals surface area contributed by atoms with Gasteiger partial charge in [0.1, 0.15) is 11.4 Å². The van der Waals surface area contributed by atoms with E-state index in [0.717, 1.165) is 5.56 Å². The molecule has 2 aromatic rings. The smallest absolute Gasteiger partial charge is 0.279 e. The Kier molecular flexibility index (Phi) is 8.02. The van der Waals surface area contributed by atoms with Crippen LogP contribution in [0.5, 0.6) is 0 Å². The number of likely N-dealkylation sites (tertiary alicyclic amines) is 1. The Morgan fingerprint density at radius 3 is 2.45 bits per heavy atom. The summed E-state index contributed by atoms with van der Waals surface area (Å²) in [4.78, 5) is 44.6. The monoisotopic (exact) mass is 516 g/mol. The summed E-state index contributed by atoms with van der Waals surface area (Å²) in [5.74, 6) is -1.14. The predicted molar refractivity (Wildman–Crippen MR) is 144 cm³/mol. The van der Waals surface area contributed by atoms with Gasteiger partial charge in [0, 0.05) is 37.7 Å². The maximum absolute atomic E-state index is 13.1. The maximum atomic E-state index is 13.1. The van der Waals surface area contributed by atoms with Crippen LogP contribution in [0.25, 0.3) is 5.70 Å². The van der Waals surface area contributed by atoms with Crippen molar-refractivity contribution in [3.63, 3.8) is 0 Å². The molecule has 5 N–H and O–H groups in total. The minimum absolute atomic E-state index is 0.0247. The zero-order valence-electron chi connectivity index (χ0n) is 21.3. The first-order chi connectivity index (χ1) is 18.2. The minimum Gasteiger partial charge on any atom is -0.388 e. The number of piperidine rings is 1. The third-order valence-electron chi connectivity index (χ3n) is 6.94. The molecule has 0 aromatic heterocycles. The molecule has 2 aliphatic heterocycles. The molecule has 10 heteroatoms. The van der Waals surface area contributed by atoms with Crippen molar-refractivity contribution in [2.75, 3.05) is 26.7 Å². The summed E-state index contributed by atoms with van der Waals surface area (Å²) in [6, 6.07) is 16.4. The van der Waals surface area contributed by atoms with Crippen molar-refractivity contribution < 1.29 is 19.5 Å². The lowest BCUT2D eigenvalue weighted by atomic mass is 9.90. The van der Waals surface area contributed by atoms with E-state index in [-0.39, 0.29) is 23.9 Å². The topological polar surface area (TPSA) is 152 Å². The summed E-state index contributed by atoms with van der Waals surface area (Å²) < 4.78 is 0. The molecular weight excluding hydrogens is 484 g/mol. The molecule has 0 atom stereocenters. The number of primary amides is 1. The highest BCUT2D eigenvalue weighted by Gasteiger charge is 2.38. The first-order valence-electron chi connectivity index (χ1n) is 12.5. The summed E-state index contributed by atoms with van der Waals surface area (Å²) in [7, 11) is 1.64. The summed E-state index contributed by atoms with van der Waals surface area (Å²) >= 11 is 0. The van der Waals surface area contributed by atoms with Gasteiger partial charge in [0.15, 0.2) is 0 Å². The van der Waals surface area contributed by atoms with Crippen LogP contribution in [-0.4, -0.2) is 77.0 Å². The lowest BCUT2D eigenvalue weighted by Crippen LogP contribution is -2.54. The first kappa shape index (κ1) is 26.7. The third kappa shape index (κ3) is 5.97. The molecule has 2 aromatic carbocycles. The van der Waals surface area contributed by atoms with Crippen LogP contribution in [0.4, 0.5) is 0 Å². The van der Waals surface area contributed by atoms with E-state index in [9.17, 15) is 19.5 Å². The number of β-amino-alcohol motifs (C(OH)–C–C–N with tert-alkyl or cyclic N) is 1. The van der Waals surface area contributed by atoms with Gasteiger partial charge in [-0.3, -0.25) is 24.7 Å². The Morgan fingerprint density at radius 1 is 1.11 bits per heavy atom. The van der Waals surface area contributed by atoms with Crippen molar-refractivity contribution in [1.82, 2.24) is 15.1 Å². The van der Waals surface area contributed by atoms with Crippen LogP contribution in [-0.2, 0) is 16.0 Å². The van der Waals surface area contributed by atoms with Crippen LogP contribution < -0.4 is 11.1 Å². The number of hydrogen-bond donors (Lipinski definition) is 4. The second kappa shape index (κ2) is 11.4. The average molecular weight is 517 g/mol. The molecule has 0 bridgehead atoms. The minimum atomic E-state index is -1.19. The lowest BCUT2D eigenvalue weighted by molar-refractivity contribution is -0.137. The number of aliphatic hydroxyl groups is 1. The Hall–Kier alpha value is -4.31. The molecule has 198 valence electrons. The molecule has 4 rings (SSSR count). The van der Waals surface area contributed by atoms with Gasteiger partial charge in [0.2, 0.25) is 11.8 Å². The molecule has 3 amide bonds. The summed E-state index contributed by atoms with van der Waals surface area (Å²) in [5, 5.41) is 22.6. The third-order valence-corrected chi connectivity index (χ3v) is 6.94. The number of hydrogen-bond acceptors (Lipinski definition) is 7. The van der Waals surface area contributed by atoms with Crippen molar-refractivity contribution in [2.45, 2.75) is 31.3 Å². The Labute approximate surface area is 221 Å². The van der Waals surface area contributed by atoms with Gasteiger partial charge in [-0.15, -0.1) is 0 Å². The normalized spacial score (nSPS) is 18.4. The molecule has 2 heterocycles. The fraction of sp³-hybridized carbons (Fsp3) is 0.321. The number of aryl methyl sites for hydroxylation is 1. The van der Waals surface area contributed by atoms with Crippen molar-refractivity contribution in [3.05, 3.63) is 77.0 Å². The second-order valence-corrected chi connectivity index (χ2v) is 9.56. The number of benzene rings is 2. The van der Waals surface area contributed by atoms with Crippen LogP contribution in [0.3, 0.4) is 0 Å². The van der Waals surface area contributed by atoms with Gasteiger partial charge >= 0.3 is 0 Å². The molecule has 38 heavy (non-hydrogen) atoms. The largest absolute Gasteiger partial charge is 0.388 e. The van der Waals surface area contributed by atoms with Crippen molar-refractivity contribution >= 4 is 35.5 Å². The number of amides is 3. The average Bonchev–Trinajstić information content (AvgIpc) is 2.92. The maximum Gasteiger partial charge on any atom is 0.279 e. The molecule has 1 saturated heterocycles.